The number of hydrogen-bond donors (Lipinski definition) is 7. The van der Waals surface area contributed by atoms with E-state index in [9.17, 15) is 40.5 Å². The summed E-state index contributed by atoms with van der Waals surface area (Å²) in [6.07, 6.45) is 41.0. The van der Waals surface area contributed by atoms with Crippen LogP contribution in [0.1, 0.15) is 194 Å². The molecule has 0 aromatic heterocycles. The highest BCUT2D eigenvalue weighted by Gasteiger charge is 2.47. The van der Waals surface area contributed by atoms with Gasteiger partial charge in [-0.25, -0.2) is 0 Å². The number of carbonyl (C=O) groups excluding carboxylic acids is 1. The molecule has 0 bridgehead atoms. The standard InChI is InChI=1S/C59H102O14/c1-3-5-7-9-11-13-15-17-19-21-23-24-25-26-28-30-32-34-36-38-40-42-51(61)71-48(45-68-43-41-39-37-35-33-31-29-27-22-20-18-16-14-12-10-8-6-4-2)46-69-58-57(67)55(65)53(63)50(73-58)47-70-59-56(66)54(64)52(62)49(44-60)72-59/h6,8,12,14-15,17-18,20-21,23,25-26,48-50,52-60,62-67H,3-5,7,9-11,13,16,19,22,24,27-47H2,1-2H3/b8-6-,14-12-,17-15-,20-18-,23-21-,26-25-. The van der Waals surface area contributed by atoms with Crippen LogP contribution in [0, 0.1) is 0 Å². The van der Waals surface area contributed by atoms with E-state index in [1.807, 2.05) is 0 Å². The number of rotatable bonds is 45. The average molecular weight is 1040 g/mol. The minimum absolute atomic E-state index is 0.0474. The van der Waals surface area contributed by atoms with Crippen molar-refractivity contribution in [3.05, 3.63) is 72.9 Å². The molecule has 0 saturated carbocycles. The van der Waals surface area contributed by atoms with Crippen LogP contribution in [0.2, 0.25) is 0 Å². The molecule has 2 fully saturated rings. The molecule has 2 heterocycles. The minimum Gasteiger partial charge on any atom is -0.457 e. The van der Waals surface area contributed by atoms with E-state index in [1.54, 1.807) is 0 Å². The lowest BCUT2D eigenvalue weighted by molar-refractivity contribution is -0.332. The number of carbonyl (C=O) groups is 1. The van der Waals surface area contributed by atoms with Crippen LogP contribution in [0.4, 0.5) is 0 Å². The van der Waals surface area contributed by atoms with Crippen molar-refractivity contribution in [3.63, 3.8) is 0 Å². The maximum atomic E-state index is 13.1. The Morgan fingerprint density at radius 1 is 0.466 bits per heavy atom. The van der Waals surface area contributed by atoms with Crippen molar-refractivity contribution in [2.75, 3.05) is 33.0 Å². The number of allylic oxidation sites excluding steroid dienone is 12. The number of aliphatic hydroxyl groups is 7. The summed E-state index contributed by atoms with van der Waals surface area (Å²) in [7, 11) is 0. The van der Waals surface area contributed by atoms with Gasteiger partial charge in [0.2, 0.25) is 0 Å². The van der Waals surface area contributed by atoms with Gasteiger partial charge in [-0.1, -0.05) is 177 Å². The summed E-state index contributed by atoms with van der Waals surface area (Å²) in [6, 6.07) is 0. The van der Waals surface area contributed by atoms with Gasteiger partial charge in [0.05, 0.1) is 26.4 Å². The van der Waals surface area contributed by atoms with Crippen LogP contribution in [0.3, 0.4) is 0 Å². The van der Waals surface area contributed by atoms with Crippen LogP contribution >= 0.6 is 0 Å². The van der Waals surface area contributed by atoms with Crippen molar-refractivity contribution in [2.24, 2.45) is 0 Å². The Bertz CT molecular complexity index is 1480. The molecule has 0 spiro atoms. The molecule has 2 aliphatic heterocycles. The fourth-order valence-electron chi connectivity index (χ4n) is 8.60. The lowest BCUT2D eigenvalue weighted by Crippen LogP contribution is -2.61. The van der Waals surface area contributed by atoms with Crippen LogP contribution in [-0.2, 0) is 33.2 Å². The Morgan fingerprint density at radius 2 is 0.890 bits per heavy atom. The minimum atomic E-state index is -1.71. The largest absolute Gasteiger partial charge is 0.457 e. The van der Waals surface area contributed by atoms with Crippen molar-refractivity contribution in [3.8, 4) is 0 Å². The zero-order valence-electron chi connectivity index (χ0n) is 45.1. The highest BCUT2D eigenvalue weighted by atomic mass is 16.7. The van der Waals surface area contributed by atoms with Crippen LogP contribution in [0.25, 0.3) is 0 Å². The van der Waals surface area contributed by atoms with E-state index in [1.165, 1.54) is 70.6 Å². The molecule has 422 valence electrons. The highest BCUT2D eigenvalue weighted by molar-refractivity contribution is 5.69. The first-order chi connectivity index (χ1) is 35.6. The van der Waals surface area contributed by atoms with Crippen LogP contribution in [0.15, 0.2) is 72.9 Å². The summed E-state index contributed by atoms with van der Waals surface area (Å²) in [4.78, 5) is 13.1. The summed E-state index contributed by atoms with van der Waals surface area (Å²) in [5.41, 5.74) is 0. The fourth-order valence-corrected chi connectivity index (χ4v) is 8.60. The maximum absolute atomic E-state index is 13.1. The molecule has 73 heavy (non-hydrogen) atoms. The Morgan fingerprint density at radius 3 is 1.40 bits per heavy atom. The third-order valence-corrected chi connectivity index (χ3v) is 13.2. The van der Waals surface area contributed by atoms with Crippen molar-refractivity contribution < 1.29 is 69.0 Å². The van der Waals surface area contributed by atoms with Crippen molar-refractivity contribution >= 4 is 5.97 Å². The van der Waals surface area contributed by atoms with Crippen LogP contribution in [-0.4, -0.2) is 142 Å². The van der Waals surface area contributed by atoms with E-state index in [4.69, 9.17) is 28.4 Å². The van der Waals surface area contributed by atoms with E-state index in [2.05, 4.69) is 86.8 Å². The normalized spacial score (nSPS) is 25.5. The molecule has 11 unspecified atom stereocenters. The molecule has 2 aliphatic rings. The van der Waals surface area contributed by atoms with Crippen molar-refractivity contribution in [1.29, 1.82) is 0 Å². The summed E-state index contributed by atoms with van der Waals surface area (Å²) in [6.45, 7) is 3.53. The molecule has 0 aromatic carbocycles. The van der Waals surface area contributed by atoms with Crippen LogP contribution < -0.4 is 0 Å². The van der Waals surface area contributed by atoms with E-state index < -0.39 is 86.7 Å². The van der Waals surface area contributed by atoms with Gasteiger partial charge in [0.15, 0.2) is 12.6 Å². The fraction of sp³-hybridized carbons (Fsp3) is 0.780. The van der Waals surface area contributed by atoms with Crippen molar-refractivity contribution in [1.82, 2.24) is 0 Å². The van der Waals surface area contributed by atoms with Crippen LogP contribution in [0.5, 0.6) is 0 Å². The Kier molecular flexibility index (Phi) is 41.6. The maximum Gasteiger partial charge on any atom is 0.306 e. The summed E-state index contributed by atoms with van der Waals surface area (Å²) in [5, 5.41) is 72.3. The number of unbranched alkanes of at least 4 members (excludes halogenated alkanes) is 19. The van der Waals surface area contributed by atoms with E-state index in [-0.39, 0.29) is 19.6 Å². The predicted octanol–water partition coefficient (Wildman–Crippen LogP) is 9.86. The average Bonchev–Trinajstić information content (AvgIpc) is 3.39. The first kappa shape index (κ1) is 66.5. The number of hydrogen-bond acceptors (Lipinski definition) is 14. The molecule has 7 N–H and O–H groups in total. The molecule has 0 radical (unpaired) electrons. The summed E-state index contributed by atoms with van der Waals surface area (Å²) in [5.74, 6) is -0.393. The molecule has 0 amide bonds. The highest BCUT2D eigenvalue weighted by Crippen LogP contribution is 2.26. The predicted molar refractivity (Wildman–Crippen MR) is 289 cm³/mol. The zero-order valence-corrected chi connectivity index (χ0v) is 45.1. The number of esters is 1. The molecule has 14 heteroatoms. The van der Waals surface area contributed by atoms with Gasteiger partial charge in [0.1, 0.15) is 54.9 Å². The smallest absolute Gasteiger partial charge is 0.306 e. The van der Waals surface area contributed by atoms with Gasteiger partial charge >= 0.3 is 5.97 Å². The summed E-state index contributed by atoms with van der Waals surface area (Å²) >= 11 is 0. The SMILES string of the molecule is CC/C=C\C/C=C\C/C=C\CCCCCCCCCCOCC(COC1OC(COC2OC(CO)C(O)C(O)C2O)C(O)C(O)C1O)OC(=O)CCCCCCCC/C=C\C/C=C\C/C=C\CCCCCCC. The summed E-state index contributed by atoms with van der Waals surface area (Å²) < 4.78 is 34.4. The molecule has 2 rings (SSSR count). The molecular weight excluding hydrogens is 933 g/mol. The zero-order chi connectivity index (χ0) is 53.0. The van der Waals surface area contributed by atoms with Gasteiger partial charge in [0, 0.05) is 13.0 Å². The Labute approximate surface area is 440 Å². The Hall–Kier alpha value is -2.57. The second-order valence-electron chi connectivity index (χ2n) is 19.7. The van der Waals surface area contributed by atoms with Gasteiger partial charge in [0.25, 0.3) is 0 Å². The van der Waals surface area contributed by atoms with Gasteiger partial charge < -0.3 is 64.2 Å². The molecule has 2 saturated heterocycles. The van der Waals surface area contributed by atoms with Gasteiger partial charge in [-0.15, -0.1) is 0 Å². The second kappa shape index (κ2) is 45.6. The third kappa shape index (κ3) is 32.6. The second-order valence-corrected chi connectivity index (χ2v) is 19.7. The number of aliphatic hydroxyl groups excluding tert-OH is 7. The first-order valence-electron chi connectivity index (χ1n) is 28.5. The molecule has 0 aromatic rings. The topological polar surface area (TPSA) is 214 Å². The monoisotopic (exact) mass is 1030 g/mol. The van der Waals surface area contributed by atoms with E-state index >= 15 is 0 Å². The lowest BCUT2D eigenvalue weighted by Gasteiger charge is -2.42. The molecule has 14 nitrogen and oxygen atoms in total. The van der Waals surface area contributed by atoms with E-state index in [0.29, 0.717) is 13.0 Å². The molecular formula is C59H102O14. The molecule has 11 atom stereocenters. The lowest BCUT2D eigenvalue weighted by atomic mass is 9.98. The number of ether oxygens (including phenoxy) is 6. The quantitative estimate of drug-likeness (QED) is 0.0172. The van der Waals surface area contributed by atoms with Gasteiger partial charge in [-0.05, 0) is 83.5 Å². The van der Waals surface area contributed by atoms with E-state index in [0.717, 1.165) is 96.3 Å². The Balaban J connectivity index is 1.74. The van der Waals surface area contributed by atoms with Gasteiger partial charge in [-0.2, -0.15) is 0 Å². The molecule has 0 aliphatic carbocycles. The third-order valence-electron chi connectivity index (χ3n) is 13.2. The first-order valence-corrected chi connectivity index (χ1v) is 28.5. The van der Waals surface area contributed by atoms with Gasteiger partial charge in [-0.3, -0.25) is 4.79 Å². The van der Waals surface area contributed by atoms with Crippen molar-refractivity contribution in [2.45, 2.75) is 261 Å².